The predicted octanol–water partition coefficient (Wildman–Crippen LogP) is 2.49. The number of aryl methyl sites for hydroxylation is 3. The van der Waals surface area contributed by atoms with Crippen LogP contribution in [-0.2, 0) is 0 Å². The van der Waals surface area contributed by atoms with Gasteiger partial charge < -0.3 is 0 Å². The molecule has 0 N–H and O–H groups in total. The lowest BCUT2D eigenvalue weighted by Gasteiger charge is -1.84. The van der Waals surface area contributed by atoms with Gasteiger partial charge in [0.15, 0.2) is 0 Å². The van der Waals surface area contributed by atoms with Crippen LogP contribution in [0.15, 0.2) is 16.5 Å². The highest BCUT2D eigenvalue weighted by Crippen LogP contribution is 2.06. The van der Waals surface area contributed by atoms with E-state index in [1.54, 1.807) is 0 Å². The lowest BCUT2D eigenvalue weighted by Crippen LogP contribution is -1.78. The molecule has 0 saturated carbocycles. The van der Waals surface area contributed by atoms with E-state index in [1.807, 2.05) is 26.0 Å². The van der Waals surface area contributed by atoms with Gasteiger partial charge in [-0.2, -0.15) is 0 Å². The summed E-state index contributed by atoms with van der Waals surface area (Å²) in [5.41, 5.74) is 1.26. The van der Waals surface area contributed by atoms with Crippen LogP contribution in [0.1, 0.15) is 17.1 Å². The minimum Gasteiger partial charge on any atom is -0.218 e. The van der Waals surface area contributed by atoms with Crippen molar-refractivity contribution in [1.29, 1.82) is 0 Å². The Balaban J connectivity index is 3.17. The molecule has 1 rings (SSSR count). The molecule has 1 aromatic heterocycles. The fourth-order valence-electron chi connectivity index (χ4n) is 0.996. The zero-order valence-corrected chi connectivity index (χ0v) is 6.06. The topological polar surface area (TPSA) is 11.3 Å². The van der Waals surface area contributed by atoms with Crippen molar-refractivity contribution in [3.05, 3.63) is 29.2 Å². The minimum atomic E-state index is 0.979. The molecule has 0 unspecified atom stereocenters. The zero-order chi connectivity index (χ0) is 6.85. The van der Waals surface area contributed by atoms with Gasteiger partial charge in [-0.15, -0.1) is 0 Å². The van der Waals surface area contributed by atoms with E-state index in [1.165, 1.54) is 5.56 Å². The third-order valence-corrected chi connectivity index (χ3v) is 1.18. The molecule has 0 amide bonds. The van der Waals surface area contributed by atoms with Crippen LogP contribution in [0.25, 0.3) is 0 Å². The molecular weight excluding hydrogens is 116 g/mol. The largest absolute Gasteiger partial charge is 0.326 e. The predicted molar refractivity (Wildman–Crippen MR) is 37.3 cm³/mol. The molecule has 0 atom stereocenters. The molecular formula is C8H11O+. The van der Waals surface area contributed by atoms with Crippen molar-refractivity contribution in [3.63, 3.8) is 0 Å². The van der Waals surface area contributed by atoms with Crippen LogP contribution in [0.4, 0.5) is 0 Å². The van der Waals surface area contributed by atoms with Crippen molar-refractivity contribution in [2.24, 2.45) is 0 Å². The zero-order valence-electron chi connectivity index (χ0n) is 6.06. The lowest BCUT2D eigenvalue weighted by molar-refractivity contribution is 0.484. The highest BCUT2D eigenvalue weighted by Gasteiger charge is 2.03. The third kappa shape index (κ3) is 1.53. The molecule has 48 valence electrons. The monoisotopic (exact) mass is 127 g/mol. The van der Waals surface area contributed by atoms with Crippen LogP contribution in [0, 0.1) is 20.8 Å². The van der Waals surface area contributed by atoms with E-state index in [2.05, 4.69) is 6.92 Å². The molecule has 0 bridgehead atoms. The molecule has 1 heteroatoms. The molecule has 1 nitrogen and oxygen atoms in total. The number of hydrogen-bond acceptors (Lipinski definition) is 0. The Morgan fingerprint density at radius 1 is 1.00 bits per heavy atom. The summed E-state index contributed by atoms with van der Waals surface area (Å²) >= 11 is 0. The first-order valence-electron chi connectivity index (χ1n) is 3.06. The molecule has 9 heavy (non-hydrogen) atoms. The van der Waals surface area contributed by atoms with E-state index < -0.39 is 0 Å². The van der Waals surface area contributed by atoms with Crippen molar-refractivity contribution in [2.45, 2.75) is 20.8 Å². The second-order valence-corrected chi connectivity index (χ2v) is 2.36. The average Bonchev–Trinajstić information content (AvgIpc) is 1.59. The second kappa shape index (κ2) is 2.18. The van der Waals surface area contributed by atoms with Gasteiger partial charge in [-0.3, -0.25) is 0 Å². The Hall–Kier alpha value is -0.850. The molecule has 0 spiro atoms. The van der Waals surface area contributed by atoms with Crippen LogP contribution in [-0.4, -0.2) is 0 Å². The van der Waals surface area contributed by atoms with Gasteiger partial charge >= 0.3 is 11.5 Å². The van der Waals surface area contributed by atoms with Gasteiger partial charge in [0.05, 0.1) is 13.8 Å². The Morgan fingerprint density at radius 3 is 1.78 bits per heavy atom. The minimum absolute atomic E-state index is 0.979. The quantitative estimate of drug-likeness (QED) is 0.385. The SMILES string of the molecule is Cc1[13cH][13c]([13CH3])[13cH]c(C)[o+]1. The van der Waals surface area contributed by atoms with E-state index in [9.17, 15) is 0 Å². The summed E-state index contributed by atoms with van der Waals surface area (Å²) < 4.78 is 5.26. The Kier molecular flexibility index (Phi) is 1.52. The molecule has 1 heterocycles. The van der Waals surface area contributed by atoms with Gasteiger partial charge in [0.25, 0.3) is 0 Å². The summed E-state index contributed by atoms with van der Waals surface area (Å²) in [5, 5.41) is 0. The maximum absolute atomic E-state index is 5.26. The lowest BCUT2D eigenvalue weighted by atomic mass is 10.6. The summed E-state index contributed by atoms with van der Waals surface area (Å²) in [6.45, 7) is 5.98. The molecule has 0 aliphatic rings. The fraction of sp³-hybridized carbons (Fsp3) is 0.375. The molecule has 0 aliphatic heterocycles. The van der Waals surface area contributed by atoms with Crippen LogP contribution in [0.5, 0.6) is 0 Å². The first-order valence-corrected chi connectivity index (χ1v) is 3.06. The van der Waals surface area contributed by atoms with E-state index in [4.69, 9.17) is 4.42 Å². The van der Waals surface area contributed by atoms with Crippen molar-refractivity contribution in [3.8, 4) is 0 Å². The van der Waals surface area contributed by atoms with Crippen molar-refractivity contribution >= 4 is 0 Å². The standard InChI is InChI=1S/C8H11O/c1-6-4-7(2)9-8(3)5-6/h4-5H,1-3H3/q+1/i1+1,4+1,5+1,6+1. The van der Waals surface area contributed by atoms with Crippen molar-refractivity contribution in [1.82, 2.24) is 0 Å². The van der Waals surface area contributed by atoms with Crippen LogP contribution >= 0.6 is 0 Å². The molecule has 1 aromatic rings. The normalized spacial score (nSPS) is 9.67. The Labute approximate surface area is 55.3 Å². The maximum atomic E-state index is 5.26. The number of rotatable bonds is 0. The summed E-state index contributed by atoms with van der Waals surface area (Å²) in [5.74, 6) is 1.96. The van der Waals surface area contributed by atoms with Crippen LogP contribution in [0.3, 0.4) is 0 Å². The summed E-state index contributed by atoms with van der Waals surface area (Å²) in [7, 11) is 0. The average molecular weight is 127 g/mol. The highest BCUT2D eigenvalue weighted by atomic mass is 16.3. The molecule has 0 radical (unpaired) electrons. The first kappa shape index (κ1) is 6.27. The van der Waals surface area contributed by atoms with Gasteiger partial charge in [0.2, 0.25) is 0 Å². The Bertz CT molecular complexity index is 165. The van der Waals surface area contributed by atoms with E-state index in [0.717, 1.165) is 11.5 Å². The van der Waals surface area contributed by atoms with Crippen molar-refractivity contribution < 1.29 is 4.42 Å². The summed E-state index contributed by atoms with van der Waals surface area (Å²) in [6.07, 6.45) is 0. The van der Waals surface area contributed by atoms with E-state index in [-0.39, 0.29) is 0 Å². The van der Waals surface area contributed by atoms with E-state index in [0.29, 0.717) is 0 Å². The summed E-state index contributed by atoms with van der Waals surface area (Å²) in [6, 6.07) is 4.04. The van der Waals surface area contributed by atoms with Gasteiger partial charge in [-0.1, -0.05) is 0 Å². The first-order chi connectivity index (χ1) is 4.18. The maximum Gasteiger partial charge on any atom is 0.326 e. The summed E-state index contributed by atoms with van der Waals surface area (Å²) in [4.78, 5) is 0. The molecule has 0 aliphatic carbocycles. The Morgan fingerprint density at radius 2 is 1.44 bits per heavy atom. The highest BCUT2D eigenvalue weighted by molar-refractivity contribution is 5.14. The smallest absolute Gasteiger partial charge is 0.218 e. The van der Waals surface area contributed by atoms with Gasteiger partial charge in [-0.25, -0.2) is 4.42 Å². The molecule has 0 aromatic carbocycles. The third-order valence-electron chi connectivity index (χ3n) is 1.18. The number of hydrogen-bond donors (Lipinski definition) is 0. The fourth-order valence-corrected chi connectivity index (χ4v) is 0.996. The van der Waals surface area contributed by atoms with Crippen molar-refractivity contribution in [2.75, 3.05) is 0 Å². The second-order valence-electron chi connectivity index (χ2n) is 2.36. The molecule has 0 fully saturated rings. The molecule has 0 saturated heterocycles. The van der Waals surface area contributed by atoms with Gasteiger partial charge in [-0.05, 0) is 12.5 Å². The van der Waals surface area contributed by atoms with Crippen LogP contribution in [0.2, 0.25) is 0 Å². The van der Waals surface area contributed by atoms with E-state index >= 15 is 0 Å². The van der Waals surface area contributed by atoms with Gasteiger partial charge in [0.1, 0.15) is 0 Å². The van der Waals surface area contributed by atoms with Gasteiger partial charge in [0, 0.05) is 12.1 Å². The van der Waals surface area contributed by atoms with Crippen LogP contribution < -0.4 is 0 Å².